The number of para-hydroxylation sites is 2. The highest BCUT2D eigenvalue weighted by molar-refractivity contribution is 7.92. The van der Waals surface area contributed by atoms with Gasteiger partial charge in [0.2, 0.25) is 0 Å². The van der Waals surface area contributed by atoms with Crippen molar-refractivity contribution in [3.8, 4) is 17.2 Å². The molecular formula is C29H27NO6S. The molecule has 0 heterocycles. The van der Waals surface area contributed by atoms with Crippen LogP contribution in [0.5, 0.6) is 17.2 Å². The molecule has 0 saturated heterocycles. The minimum absolute atomic E-state index is 0.0354. The number of rotatable bonds is 10. The minimum Gasteiger partial charge on any atom is -0.497 e. The molecule has 0 bridgehead atoms. The molecule has 8 heteroatoms. The van der Waals surface area contributed by atoms with Crippen molar-refractivity contribution in [1.29, 1.82) is 0 Å². The quantitative estimate of drug-likeness (QED) is 0.198. The van der Waals surface area contributed by atoms with Crippen molar-refractivity contribution in [3.05, 3.63) is 114 Å². The summed E-state index contributed by atoms with van der Waals surface area (Å²) in [5.41, 5.74) is 1.37. The zero-order valence-electron chi connectivity index (χ0n) is 20.5. The molecule has 0 aliphatic carbocycles. The SMILES string of the molecule is CCOc1ccccc1OC(=O)c1cccc(S(=O)(=O)N(Cc2ccccc2)c2ccc(OC)cc2)c1. The van der Waals surface area contributed by atoms with Crippen molar-refractivity contribution < 1.29 is 27.4 Å². The van der Waals surface area contributed by atoms with Crippen LogP contribution < -0.4 is 18.5 Å². The van der Waals surface area contributed by atoms with Crippen molar-refractivity contribution in [3.63, 3.8) is 0 Å². The molecule has 190 valence electrons. The largest absolute Gasteiger partial charge is 0.497 e. The van der Waals surface area contributed by atoms with E-state index in [0.717, 1.165) is 5.56 Å². The Bertz CT molecular complexity index is 1450. The summed E-state index contributed by atoms with van der Waals surface area (Å²) in [6, 6.07) is 28.7. The first-order chi connectivity index (χ1) is 17.9. The summed E-state index contributed by atoms with van der Waals surface area (Å²) in [4.78, 5) is 12.9. The van der Waals surface area contributed by atoms with Gasteiger partial charge in [-0.1, -0.05) is 48.5 Å². The zero-order chi connectivity index (χ0) is 26.3. The number of benzene rings is 4. The molecule has 0 amide bonds. The van der Waals surface area contributed by atoms with E-state index in [0.29, 0.717) is 23.8 Å². The average molecular weight is 518 g/mol. The lowest BCUT2D eigenvalue weighted by Gasteiger charge is -2.25. The fourth-order valence-electron chi connectivity index (χ4n) is 3.69. The monoisotopic (exact) mass is 517 g/mol. The first-order valence-electron chi connectivity index (χ1n) is 11.7. The topological polar surface area (TPSA) is 82.1 Å². The first-order valence-corrected chi connectivity index (χ1v) is 13.1. The molecule has 37 heavy (non-hydrogen) atoms. The van der Waals surface area contributed by atoms with Gasteiger partial charge in [0.05, 0.1) is 36.4 Å². The van der Waals surface area contributed by atoms with Crippen LogP contribution in [0, 0.1) is 0 Å². The molecule has 0 fully saturated rings. The normalized spacial score (nSPS) is 11.0. The van der Waals surface area contributed by atoms with Gasteiger partial charge in [0.1, 0.15) is 5.75 Å². The summed E-state index contributed by atoms with van der Waals surface area (Å²) in [7, 11) is -2.51. The molecule has 4 aromatic rings. The molecule has 0 unspecified atom stereocenters. The van der Waals surface area contributed by atoms with Gasteiger partial charge in [-0.05, 0) is 67.1 Å². The summed E-state index contributed by atoms with van der Waals surface area (Å²) < 4.78 is 45.3. The van der Waals surface area contributed by atoms with Gasteiger partial charge in [-0.2, -0.15) is 0 Å². The van der Waals surface area contributed by atoms with Crippen LogP contribution in [0.2, 0.25) is 0 Å². The Morgan fingerprint density at radius 2 is 1.49 bits per heavy atom. The number of nitrogens with zero attached hydrogens (tertiary/aromatic N) is 1. The van der Waals surface area contributed by atoms with Gasteiger partial charge in [-0.15, -0.1) is 0 Å². The fourth-order valence-corrected chi connectivity index (χ4v) is 5.19. The van der Waals surface area contributed by atoms with Crippen LogP contribution in [-0.2, 0) is 16.6 Å². The van der Waals surface area contributed by atoms with Crippen LogP contribution in [0.3, 0.4) is 0 Å². The highest BCUT2D eigenvalue weighted by Crippen LogP contribution is 2.30. The lowest BCUT2D eigenvalue weighted by Crippen LogP contribution is -2.30. The van der Waals surface area contributed by atoms with Crippen LogP contribution in [0.4, 0.5) is 5.69 Å². The van der Waals surface area contributed by atoms with Crippen molar-refractivity contribution in [2.75, 3.05) is 18.0 Å². The van der Waals surface area contributed by atoms with Gasteiger partial charge in [-0.3, -0.25) is 4.31 Å². The fraction of sp³-hybridized carbons (Fsp3) is 0.138. The maximum atomic E-state index is 13.9. The number of esters is 1. The lowest BCUT2D eigenvalue weighted by molar-refractivity contribution is 0.0728. The molecule has 4 aromatic carbocycles. The Balaban J connectivity index is 1.67. The van der Waals surface area contributed by atoms with Gasteiger partial charge >= 0.3 is 5.97 Å². The third kappa shape index (κ3) is 6.10. The van der Waals surface area contributed by atoms with E-state index in [2.05, 4.69) is 0 Å². The molecule has 0 aromatic heterocycles. The predicted octanol–water partition coefficient (Wildman–Crippen LogP) is 5.71. The molecule has 7 nitrogen and oxygen atoms in total. The van der Waals surface area contributed by atoms with Crippen molar-refractivity contribution in [2.24, 2.45) is 0 Å². The summed E-state index contributed by atoms with van der Waals surface area (Å²) >= 11 is 0. The third-order valence-corrected chi connectivity index (χ3v) is 7.31. The van der Waals surface area contributed by atoms with E-state index in [4.69, 9.17) is 14.2 Å². The standard InChI is InChI=1S/C29H27NO6S/c1-3-35-27-14-7-8-15-28(27)36-29(31)23-12-9-13-26(20-23)37(32,33)30(21-22-10-5-4-6-11-22)24-16-18-25(34-2)19-17-24/h4-20H,3,21H2,1-2H3. The van der Waals surface area contributed by atoms with Crippen LogP contribution in [0.25, 0.3) is 0 Å². The first kappa shape index (κ1) is 25.8. The Labute approximate surface area is 216 Å². The van der Waals surface area contributed by atoms with Gasteiger partial charge in [0.15, 0.2) is 11.5 Å². The summed E-state index contributed by atoms with van der Waals surface area (Å²) in [6.07, 6.45) is 0. The lowest BCUT2D eigenvalue weighted by atomic mass is 10.2. The maximum Gasteiger partial charge on any atom is 0.343 e. The molecule has 0 spiro atoms. The van der Waals surface area contributed by atoms with Crippen LogP contribution in [-0.4, -0.2) is 28.1 Å². The van der Waals surface area contributed by atoms with E-state index >= 15 is 0 Å². The van der Waals surface area contributed by atoms with E-state index in [1.807, 2.05) is 37.3 Å². The molecule has 0 aliphatic rings. The van der Waals surface area contributed by atoms with E-state index in [1.54, 1.807) is 55.6 Å². The Kier molecular flexibility index (Phi) is 8.10. The Hall–Kier alpha value is -4.30. The number of methoxy groups -OCH3 is 1. The van der Waals surface area contributed by atoms with E-state index in [1.165, 1.54) is 28.6 Å². The second kappa shape index (κ2) is 11.6. The summed E-state index contributed by atoms with van der Waals surface area (Å²) in [5, 5.41) is 0. The van der Waals surface area contributed by atoms with E-state index in [9.17, 15) is 13.2 Å². The number of sulfonamides is 1. The van der Waals surface area contributed by atoms with E-state index in [-0.39, 0.29) is 22.8 Å². The van der Waals surface area contributed by atoms with Crippen LogP contribution >= 0.6 is 0 Å². The Morgan fingerprint density at radius 1 is 0.811 bits per heavy atom. The molecular weight excluding hydrogens is 490 g/mol. The maximum absolute atomic E-state index is 13.9. The van der Waals surface area contributed by atoms with Crippen LogP contribution in [0.15, 0.2) is 108 Å². The van der Waals surface area contributed by atoms with Gasteiger partial charge in [0, 0.05) is 0 Å². The number of hydrogen-bond acceptors (Lipinski definition) is 6. The second-order valence-corrected chi connectivity index (χ2v) is 9.85. The molecule has 4 rings (SSSR count). The van der Waals surface area contributed by atoms with Crippen LogP contribution in [0.1, 0.15) is 22.8 Å². The number of anilines is 1. The zero-order valence-corrected chi connectivity index (χ0v) is 21.4. The van der Waals surface area contributed by atoms with Crippen molar-refractivity contribution in [1.82, 2.24) is 0 Å². The molecule has 0 radical (unpaired) electrons. The summed E-state index contributed by atoms with van der Waals surface area (Å²) in [6.45, 7) is 2.34. The summed E-state index contributed by atoms with van der Waals surface area (Å²) in [5.74, 6) is 0.600. The molecule has 0 atom stereocenters. The molecule has 0 aliphatic heterocycles. The van der Waals surface area contributed by atoms with Gasteiger partial charge < -0.3 is 14.2 Å². The smallest absolute Gasteiger partial charge is 0.343 e. The highest BCUT2D eigenvalue weighted by atomic mass is 32.2. The van der Waals surface area contributed by atoms with Crippen molar-refractivity contribution >= 4 is 21.7 Å². The van der Waals surface area contributed by atoms with Crippen molar-refractivity contribution in [2.45, 2.75) is 18.4 Å². The second-order valence-electron chi connectivity index (χ2n) is 7.99. The van der Waals surface area contributed by atoms with Gasteiger partial charge in [0.25, 0.3) is 10.0 Å². The Morgan fingerprint density at radius 3 is 2.16 bits per heavy atom. The molecule has 0 N–H and O–H groups in total. The highest BCUT2D eigenvalue weighted by Gasteiger charge is 2.27. The van der Waals surface area contributed by atoms with Gasteiger partial charge in [-0.25, -0.2) is 13.2 Å². The number of carbonyl (C=O) groups excluding carboxylic acids is 1. The number of hydrogen-bond donors (Lipinski definition) is 0. The minimum atomic E-state index is -4.06. The predicted molar refractivity (Wildman–Crippen MR) is 142 cm³/mol. The molecule has 0 saturated carbocycles. The number of ether oxygens (including phenoxy) is 3. The third-order valence-electron chi connectivity index (χ3n) is 5.54. The average Bonchev–Trinajstić information content (AvgIpc) is 2.93. The van der Waals surface area contributed by atoms with E-state index < -0.39 is 16.0 Å². The number of carbonyl (C=O) groups is 1.